The average molecular weight is 547 g/mol. The van der Waals surface area contributed by atoms with Crippen LogP contribution in [0.2, 0.25) is 5.02 Å². The van der Waals surface area contributed by atoms with Gasteiger partial charge in [0.25, 0.3) is 0 Å². The number of ether oxygens (including phenoxy) is 2. The number of hydrogen-bond donors (Lipinski definition) is 2. The van der Waals surface area contributed by atoms with Crippen LogP contribution in [0.1, 0.15) is 12.5 Å². The molecule has 1 amide bonds. The van der Waals surface area contributed by atoms with Gasteiger partial charge in [-0.2, -0.15) is 0 Å². The molecular weight excluding hydrogens is 519 g/mol. The minimum absolute atomic E-state index is 0. The van der Waals surface area contributed by atoms with Gasteiger partial charge in [-0.15, -0.1) is 24.0 Å². The highest BCUT2D eigenvalue weighted by molar-refractivity contribution is 14.0. The number of benzene rings is 2. The molecule has 0 saturated carbocycles. The van der Waals surface area contributed by atoms with Gasteiger partial charge in [0.1, 0.15) is 18.1 Å². The van der Waals surface area contributed by atoms with E-state index in [2.05, 4.69) is 15.6 Å². The van der Waals surface area contributed by atoms with Crippen molar-refractivity contribution < 1.29 is 14.3 Å². The lowest BCUT2D eigenvalue weighted by Gasteiger charge is -2.22. The smallest absolute Gasteiger partial charge is 0.221 e. The summed E-state index contributed by atoms with van der Waals surface area (Å²) in [6.07, 6.45) is 0. The summed E-state index contributed by atoms with van der Waals surface area (Å²) >= 11 is 5.88. The number of nitrogens with zero attached hydrogens (tertiary/aromatic N) is 2. The first kappa shape index (κ1) is 25.8. The molecule has 0 unspecified atom stereocenters. The summed E-state index contributed by atoms with van der Waals surface area (Å²) in [5, 5.41) is 6.77. The fourth-order valence-corrected chi connectivity index (χ4v) is 2.78. The summed E-state index contributed by atoms with van der Waals surface area (Å²) in [4.78, 5) is 17.7. The molecule has 0 spiro atoms. The number of carbonyl (C=O) groups excluding carboxylic acids is 1. The highest BCUT2D eigenvalue weighted by atomic mass is 127. The number of carbonyl (C=O) groups is 1. The molecule has 0 radical (unpaired) electrons. The van der Waals surface area contributed by atoms with Crippen molar-refractivity contribution in [2.24, 2.45) is 4.99 Å². The Morgan fingerprint density at radius 3 is 2.50 bits per heavy atom. The Balaban J connectivity index is 0.00000450. The zero-order valence-corrected chi connectivity index (χ0v) is 20.7. The van der Waals surface area contributed by atoms with E-state index in [4.69, 9.17) is 21.1 Å². The summed E-state index contributed by atoms with van der Waals surface area (Å²) in [7, 11) is 5.24. The van der Waals surface area contributed by atoms with Gasteiger partial charge < -0.3 is 25.0 Å². The van der Waals surface area contributed by atoms with Crippen LogP contribution in [0.3, 0.4) is 0 Å². The fraction of sp³-hybridized carbons (Fsp3) is 0.333. The lowest BCUT2D eigenvalue weighted by molar-refractivity contribution is -0.114. The van der Waals surface area contributed by atoms with Crippen LogP contribution in [0.15, 0.2) is 47.5 Å². The molecule has 164 valence electrons. The molecule has 2 N–H and O–H groups in total. The van der Waals surface area contributed by atoms with E-state index in [1.165, 1.54) is 6.92 Å². The van der Waals surface area contributed by atoms with E-state index in [1.807, 2.05) is 42.3 Å². The normalized spacial score (nSPS) is 10.6. The molecule has 0 atom stereocenters. The van der Waals surface area contributed by atoms with Crippen LogP contribution in [0.5, 0.6) is 11.5 Å². The third-order valence-electron chi connectivity index (χ3n) is 4.11. The molecule has 2 aromatic carbocycles. The van der Waals surface area contributed by atoms with Gasteiger partial charge in [0.05, 0.1) is 19.3 Å². The van der Waals surface area contributed by atoms with Crippen LogP contribution in [-0.4, -0.2) is 51.1 Å². The van der Waals surface area contributed by atoms with Crippen molar-refractivity contribution in [2.45, 2.75) is 13.5 Å². The third kappa shape index (κ3) is 8.27. The zero-order chi connectivity index (χ0) is 21.2. The van der Waals surface area contributed by atoms with E-state index in [9.17, 15) is 4.79 Å². The number of guanidine groups is 1. The Hall–Kier alpha value is -2.20. The van der Waals surface area contributed by atoms with E-state index < -0.39 is 0 Å². The van der Waals surface area contributed by atoms with E-state index >= 15 is 0 Å². The van der Waals surface area contributed by atoms with Crippen molar-refractivity contribution in [2.75, 3.05) is 39.7 Å². The second-order valence-electron chi connectivity index (χ2n) is 6.34. The Morgan fingerprint density at radius 2 is 1.90 bits per heavy atom. The van der Waals surface area contributed by atoms with E-state index in [-0.39, 0.29) is 29.9 Å². The molecule has 9 heteroatoms. The summed E-state index contributed by atoms with van der Waals surface area (Å²) < 4.78 is 11.0. The van der Waals surface area contributed by atoms with Crippen LogP contribution in [-0.2, 0) is 11.3 Å². The maximum atomic E-state index is 11.4. The van der Waals surface area contributed by atoms with Crippen molar-refractivity contribution in [3.63, 3.8) is 0 Å². The van der Waals surface area contributed by atoms with Crippen LogP contribution in [0.25, 0.3) is 0 Å². The number of hydrogen-bond acceptors (Lipinski definition) is 4. The van der Waals surface area contributed by atoms with Crippen molar-refractivity contribution in [1.29, 1.82) is 0 Å². The molecule has 7 nitrogen and oxygen atoms in total. The maximum Gasteiger partial charge on any atom is 0.221 e. The predicted molar refractivity (Wildman–Crippen MR) is 132 cm³/mol. The monoisotopic (exact) mass is 546 g/mol. The van der Waals surface area contributed by atoms with Gasteiger partial charge in [0.2, 0.25) is 5.91 Å². The number of likely N-dealkylation sites (N-methyl/N-ethyl adjacent to an activating group) is 1. The van der Waals surface area contributed by atoms with Crippen molar-refractivity contribution >= 4 is 53.1 Å². The molecule has 0 heterocycles. The minimum atomic E-state index is -0.148. The molecule has 2 rings (SSSR count). The molecule has 0 saturated heterocycles. The standard InChI is InChI=1S/C21H27ClN4O3.HI/c1-15(27)25-19-13-16(5-10-20(19)28-4)14-24-21(23-2)26(3)11-12-29-18-8-6-17(22)7-9-18;/h5-10,13H,11-12,14H2,1-4H3,(H,23,24)(H,25,27);1H. The molecular formula is C21H28ClIN4O3. The highest BCUT2D eigenvalue weighted by Gasteiger charge is 2.09. The van der Waals surface area contributed by atoms with Crippen molar-refractivity contribution in [3.05, 3.63) is 53.1 Å². The zero-order valence-electron chi connectivity index (χ0n) is 17.6. The topological polar surface area (TPSA) is 75.2 Å². The van der Waals surface area contributed by atoms with E-state index in [1.54, 1.807) is 26.3 Å². The molecule has 30 heavy (non-hydrogen) atoms. The lowest BCUT2D eigenvalue weighted by Crippen LogP contribution is -2.40. The van der Waals surface area contributed by atoms with Gasteiger partial charge in [-0.25, -0.2) is 0 Å². The third-order valence-corrected chi connectivity index (χ3v) is 4.36. The molecule has 0 aliphatic heterocycles. The average Bonchev–Trinajstić information content (AvgIpc) is 2.69. The maximum absolute atomic E-state index is 11.4. The first-order valence-corrected chi connectivity index (χ1v) is 9.55. The number of anilines is 1. The SMILES string of the molecule is CN=C(NCc1ccc(OC)c(NC(C)=O)c1)N(C)CCOc1ccc(Cl)cc1.I. The second-order valence-corrected chi connectivity index (χ2v) is 6.78. The lowest BCUT2D eigenvalue weighted by atomic mass is 10.2. The largest absolute Gasteiger partial charge is 0.495 e. The minimum Gasteiger partial charge on any atom is -0.495 e. The summed E-state index contributed by atoms with van der Waals surface area (Å²) in [6.45, 7) is 3.18. The molecule has 0 bridgehead atoms. The highest BCUT2D eigenvalue weighted by Crippen LogP contribution is 2.25. The quantitative estimate of drug-likeness (QED) is 0.297. The number of nitrogens with one attached hydrogen (secondary N) is 2. The Morgan fingerprint density at radius 1 is 1.20 bits per heavy atom. The Labute approximate surface area is 199 Å². The van der Waals surface area contributed by atoms with Gasteiger partial charge in [-0.05, 0) is 42.0 Å². The van der Waals surface area contributed by atoms with Gasteiger partial charge in [0.15, 0.2) is 5.96 Å². The second kappa shape index (κ2) is 13.2. The molecule has 0 aromatic heterocycles. The Kier molecular flexibility index (Phi) is 11.3. The van der Waals surface area contributed by atoms with Crippen molar-refractivity contribution in [3.8, 4) is 11.5 Å². The number of aliphatic imine (C=N–C) groups is 1. The van der Waals surface area contributed by atoms with E-state index in [0.717, 1.165) is 17.3 Å². The number of halogens is 2. The number of rotatable bonds is 8. The van der Waals surface area contributed by atoms with Crippen LogP contribution >= 0.6 is 35.6 Å². The summed E-state index contributed by atoms with van der Waals surface area (Å²) in [6, 6.07) is 12.9. The summed E-state index contributed by atoms with van der Waals surface area (Å²) in [5.41, 5.74) is 1.63. The number of amides is 1. The molecule has 0 aliphatic carbocycles. The van der Waals surface area contributed by atoms with Crippen LogP contribution in [0.4, 0.5) is 5.69 Å². The van der Waals surface area contributed by atoms with Gasteiger partial charge in [-0.3, -0.25) is 9.79 Å². The predicted octanol–water partition coefficient (Wildman–Crippen LogP) is 4.01. The fourth-order valence-electron chi connectivity index (χ4n) is 2.66. The van der Waals surface area contributed by atoms with Crippen LogP contribution in [0, 0.1) is 0 Å². The molecule has 2 aromatic rings. The first-order chi connectivity index (χ1) is 13.9. The van der Waals surface area contributed by atoms with E-state index in [0.29, 0.717) is 36.2 Å². The van der Waals surface area contributed by atoms with Gasteiger partial charge >= 0.3 is 0 Å². The molecule has 0 aliphatic rings. The Bertz CT molecular complexity index is 847. The van der Waals surface area contributed by atoms with Crippen molar-refractivity contribution in [1.82, 2.24) is 10.2 Å². The molecule has 0 fully saturated rings. The van der Waals surface area contributed by atoms with Crippen LogP contribution < -0.4 is 20.1 Å². The summed E-state index contributed by atoms with van der Waals surface area (Å²) in [5.74, 6) is 1.98. The van der Waals surface area contributed by atoms with Gasteiger partial charge in [-0.1, -0.05) is 17.7 Å². The first-order valence-electron chi connectivity index (χ1n) is 9.17. The van der Waals surface area contributed by atoms with Gasteiger partial charge in [0, 0.05) is 32.6 Å². The number of methoxy groups -OCH3 is 1.